The summed E-state index contributed by atoms with van der Waals surface area (Å²) in [4.78, 5) is 15.2. The minimum Gasteiger partial charge on any atom is -0.478 e. The fourth-order valence-electron chi connectivity index (χ4n) is 1.50. The molecule has 1 N–H and O–H groups in total. The van der Waals surface area contributed by atoms with Crippen LogP contribution in [0, 0.1) is 6.92 Å². The second kappa shape index (κ2) is 4.47. The van der Waals surface area contributed by atoms with Gasteiger partial charge in [0.05, 0.1) is 12.4 Å². The van der Waals surface area contributed by atoms with Gasteiger partial charge in [0, 0.05) is 11.9 Å². The van der Waals surface area contributed by atoms with Gasteiger partial charge in [0.1, 0.15) is 10.5 Å². The van der Waals surface area contributed by atoms with E-state index >= 15 is 0 Å². The van der Waals surface area contributed by atoms with Crippen LogP contribution in [0.1, 0.15) is 16.1 Å². The lowest BCUT2D eigenvalue weighted by atomic mass is 10.2. The van der Waals surface area contributed by atoms with Gasteiger partial charge >= 0.3 is 5.97 Å². The summed E-state index contributed by atoms with van der Waals surface area (Å²) in [6.45, 7) is 1.70. The standard InChI is InChI=1S/C11H11N3O4S/c1-7-3-4-9(11(15)16)10(13-7)14-6-8(5-12-14)19(2,17)18/h3-6H,1-2H3,(H,15,16). The number of aromatic nitrogens is 3. The zero-order valence-electron chi connectivity index (χ0n) is 10.2. The first-order chi connectivity index (χ1) is 8.79. The smallest absolute Gasteiger partial charge is 0.339 e. The highest BCUT2D eigenvalue weighted by Gasteiger charge is 2.17. The SMILES string of the molecule is Cc1ccc(C(=O)O)c(-n2cc(S(C)(=O)=O)cn2)n1. The van der Waals surface area contributed by atoms with Crippen molar-refractivity contribution in [1.82, 2.24) is 14.8 Å². The summed E-state index contributed by atoms with van der Waals surface area (Å²) < 4.78 is 23.9. The highest BCUT2D eigenvalue weighted by molar-refractivity contribution is 7.90. The van der Waals surface area contributed by atoms with Crippen molar-refractivity contribution in [1.29, 1.82) is 0 Å². The fraction of sp³-hybridized carbons (Fsp3) is 0.182. The Balaban J connectivity index is 2.62. The molecule has 0 fully saturated rings. The Hall–Kier alpha value is -2.22. The molecule has 2 aromatic heterocycles. The molecule has 100 valence electrons. The predicted molar refractivity (Wildman–Crippen MR) is 66.2 cm³/mol. The van der Waals surface area contributed by atoms with Crippen molar-refractivity contribution in [3.05, 3.63) is 35.8 Å². The molecule has 7 nitrogen and oxygen atoms in total. The van der Waals surface area contributed by atoms with E-state index in [0.717, 1.165) is 17.1 Å². The Morgan fingerprint density at radius 1 is 1.37 bits per heavy atom. The molecule has 0 atom stereocenters. The van der Waals surface area contributed by atoms with Crippen molar-refractivity contribution in [2.45, 2.75) is 11.8 Å². The van der Waals surface area contributed by atoms with Crippen LogP contribution in [0.2, 0.25) is 0 Å². The van der Waals surface area contributed by atoms with E-state index in [0.29, 0.717) is 5.69 Å². The van der Waals surface area contributed by atoms with Crippen LogP contribution in [-0.2, 0) is 9.84 Å². The number of rotatable bonds is 3. The number of carboxylic acid groups (broad SMARTS) is 1. The molecule has 0 saturated carbocycles. The molecular formula is C11H11N3O4S. The molecule has 0 unspecified atom stereocenters. The zero-order chi connectivity index (χ0) is 14.2. The maximum atomic E-state index is 11.4. The van der Waals surface area contributed by atoms with Crippen LogP contribution >= 0.6 is 0 Å². The van der Waals surface area contributed by atoms with E-state index in [2.05, 4.69) is 10.1 Å². The Labute approximate surface area is 109 Å². The normalized spacial score (nSPS) is 11.5. The fourth-order valence-corrected chi connectivity index (χ4v) is 2.03. The minimum atomic E-state index is -3.39. The topological polar surface area (TPSA) is 102 Å². The van der Waals surface area contributed by atoms with Crippen LogP contribution in [0.25, 0.3) is 5.82 Å². The average molecular weight is 281 g/mol. The number of aryl methyl sites for hydroxylation is 1. The summed E-state index contributed by atoms with van der Waals surface area (Å²) in [6, 6.07) is 2.97. The second-order valence-electron chi connectivity index (χ2n) is 4.02. The van der Waals surface area contributed by atoms with Crippen molar-refractivity contribution >= 4 is 15.8 Å². The van der Waals surface area contributed by atoms with E-state index in [-0.39, 0.29) is 16.3 Å². The average Bonchev–Trinajstić information content (AvgIpc) is 2.77. The van der Waals surface area contributed by atoms with Gasteiger partial charge in [-0.3, -0.25) is 0 Å². The number of hydrogen-bond acceptors (Lipinski definition) is 5. The van der Waals surface area contributed by atoms with Gasteiger partial charge in [-0.05, 0) is 19.1 Å². The van der Waals surface area contributed by atoms with E-state index in [1.54, 1.807) is 13.0 Å². The summed E-state index contributed by atoms with van der Waals surface area (Å²) in [5, 5.41) is 12.9. The molecule has 0 amide bonds. The molecule has 19 heavy (non-hydrogen) atoms. The Morgan fingerprint density at radius 2 is 2.05 bits per heavy atom. The largest absolute Gasteiger partial charge is 0.478 e. The van der Waals surface area contributed by atoms with E-state index in [1.165, 1.54) is 12.3 Å². The van der Waals surface area contributed by atoms with Crippen molar-refractivity contribution < 1.29 is 18.3 Å². The van der Waals surface area contributed by atoms with E-state index in [1.807, 2.05) is 0 Å². The van der Waals surface area contributed by atoms with Gasteiger partial charge in [0.15, 0.2) is 15.7 Å². The van der Waals surface area contributed by atoms with Crippen molar-refractivity contribution in [3.63, 3.8) is 0 Å². The molecule has 0 saturated heterocycles. The van der Waals surface area contributed by atoms with Crippen LogP contribution in [-0.4, -0.2) is 40.5 Å². The summed E-state index contributed by atoms with van der Waals surface area (Å²) in [6.07, 6.45) is 3.45. The first-order valence-corrected chi connectivity index (χ1v) is 7.14. The van der Waals surface area contributed by atoms with E-state index in [4.69, 9.17) is 5.11 Å². The Morgan fingerprint density at radius 3 is 2.58 bits per heavy atom. The molecular weight excluding hydrogens is 270 g/mol. The Bertz CT molecular complexity index is 749. The number of nitrogens with zero attached hydrogens (tertiary/aromatic N) is 3. The van der Waals surface area contributed by atoms with Crippen LogP contribution in [0.5, 0.6) is 0 Å². The molecule has 0 spiro atoms. The lowest BCUT2D eigenvalue weighted by Crippen LogP contribution is -2.09. The minimum absolute atomic E-state index is 0.00662. The van der Waals surface area contributed by atoms with Crippen LogP contribution in [0.15, 0.2) is 29.4 Å². The zero-order valence-corrected chi connectivity index (χ0v) is 11.0. The highest BCUT2D eigenvalue weighted by atomic mass is 32.2. The van der Waals surface area contributed by atoms with Crippen LogP contribution in [0.3, 0.4) is 0 Å². The van der Waals surface area contributed by atoms with Gasteiger partial charge in [0.2, 0.25) is 0 Å². The van der Waals surface area contributed by atoms with Crippen molar-refractivity contribution in [2.24, 2.45) is 0 Å². The summed E-state index contributed by atoms with van der Waals surface area (Å²) in [7, 11) is -3.39. The maximum Gasteiger partial charge on any atom is 0.339 e. The molecule has 2 heterocycles. The number of aromatic carboxylic acids is 1. The van der Waals surface area contributed by atoms with Crippen molar-refractivity contribution in [2.75, 3.05) is 6.26 Å². The quantitative estimate of drug-likeness (QED) is 0.887. The number of sulfone groups is 1. The molecule has 2 aromatic rings. The van der Waals surface area contributed by atoms with Gasteiger partial charge in [-0.2, -0.15) is 5.10 Å². The van der Waals surface area contributed by atoms with Crippen molar-refractivity contribution in [3.8, 4) is 5.82 Å². The third-order valence-corrected chi connectivity index (χ3v) is 3.52. The predicted octanol–water partition coefficient (Wildman–Crippen LogP) is 0.677. The highest BCUT2D eigenvalue weighted by Crippen LogP contribution is 2.15. The van der Waals surface area contributed by atoms with Crippen LogP contribution in [0.4, 0.5) is 0 Å². The second-order valence-corrected chi connectivity index (χ2v) is 6.04. The number of pyridine rings is 1. The molecule has 2 rings (SSSR count). The summed E-state index contributed by atoms with van der Waals surface area (Å²) in [5.74, 6) is -1.07. The number of carbonyl (C=O) groups is 1. The lowest BCUT2D eigenvalue weighted by Gasteiger charge is -2.05. The first kappa shape index (κ1) is 13.2. The first-order valence-electron chi connectivity index (χ1n) is 5.25. The molecule has 8 heteroatoms. The third-order valence-electron chi connectivity index (χ3n) is 2.45. The molecule has 0 aliphatic rings. The number of hydrogen-bond donors (Lipinski definition) is 1. The lowest BCUT2D eigenvalue weighted by molar-refractivity contribution is 0.0696. The molecule has 0 aromatic carbocycles. The van der Waals surface area contributed by atoms with Gasteiger partial charge in [-0.1, -0.05) is 0 Å². The van der Waals surface area contributed by atoms with E-state index in [9.17, 15) is 13.2 Å². The molecule has 0 aliphatic carbocycles. The molecule has 0 aliphatic heterocycles. The molecule has 0 radical (unpaired) electrons. The van der Waals surface area contributed by atoms with Gasteiger partial charge < -0.3 is 5.11 Å². The van der Waals surface area contributed by atoms with Gasteiger partial charge in [0.25, 0.3) is 0 Å². The monoisotopic (exact) mass is 281 g/mol. The Kier molecular flexibility index (Phi) is 3.11. The maximum absolute atomic E-state index is 11.4. The molecule has 0 bridgehead atoms. The third kappa shape index (κ3) is 2.63. The van der Waals surface area contributed by atoms with E-state index < -0.39 is 15.8 Å². The summed E-state index contributed by atoms with van der Waals surface area (Å²) >= 11 is 0. The number of carboxylic acids is 1. The van der Waals surface area contributed by atoms with Gasteiger partial charge in [-0.15, -0.1) is 0 Å². The summed E-state index contributed by atoms with van der Waals surface area (Å²) in [5.41, 5.74) is 0.560. The van der Waals surface area contributed by atoms with Crippen LogP contribution < -0.4 is 0 Å². The van der Waals surface area contributed by atoms with Gasteiger partial charge in [-0.25, -0.2) is 22.9 Å².